The predicted octanol–water partition coefficient (Wildman–Crippen LogP) is 2.80. The van der Waals surface area contributed by atoms with Gasteiger partial charge in [-0.15, -0.1) is 0 Å². The lowest BCUT2D eigenvalue weighted by Gasteiger charge is -2.31. The largest absolute Gasteiger partial charge is 0.508 e. The fraction of sp³-hybridized carbons (Fsp3) is 0.250. The van der Waals surface area contributed by atoms with E-state index < -0.39 is 0 Å². The second kappa shape index (κ2) is 4.46. The minimum Gasteiger partial charge on any atom is -0.508 e. The second-order valence-corrected chi connectivity index (χ2v) is 4.97. The summed E-state index contributed by atoms with van der Waals surface area (Å²) in [5, 5.41) is 9.70. The molecular weight excluding hydrogens is 222 g/mol. The maximum absolute atomic E-state index is 9.70. The van der Waals surface area contributed by atoms with Gasteiger partial charge >= 0.3 is 0 Å². The summed E-state index contributed by atoms with van der Waals surface area (Å²) in [4.78, 5) is 0. The first-order valence-electron chi connectivity index (χ1n) is 6.38. The third-order valence-corrected chi connectivity index (χ3v) is 3.80. The van der Waals surface area contributed by atoms with Crippen LogP contribution in [0.15, 0.2) is 48.5 Å². The summed E-state index contributed by atoms with van der Waals surface area (Å²) >= 11 is 0. The van der Waals surface area contributed by atoms with Gasteiger partial charge in [-0.25, -0.2) is 0 Å². The van der Waals surface area contributed by atoms with Crippen LogP contribution in [0.2, 0.25) is 0 Å². The topological polar surface area (TPSA) is 46.2 Å². The van der Waals surface area contributed by atoms with Crippen LogP contribution in [-0.4, -0.2) is 11.1 Å². The molecule has 0 spiro atoms. The fourth-order valence-corrected chi connectivity index (χ4v) is 2.91. The molecular formula is C16H17NO. The van der Waals surface area contributed by atoms with Crippen LogP contribution in [-0.2, 0) is 6.42 Å². The third-order valence-electron chi connectivity index (χ3n) is 3.80. The van der Waals surface area contributed by atoms with E-state index in [1.165, 1.54) is 16.7 Å². The first kappa shape index (κ1) is 11.3. The van der Waals surface area contributed by atoms with Crippen LogP contribution in [0.5, 0.6) is 5.75 Å². The molecule has 0 heterocycles. The molecule has 1 aliphatic rings. The van der Waals surface area contributed by atoms with Crippen molar-refractivity contribution >= 4 is 0 Å². The van der Waals surface area contributed by atoms with Crippen molar-refractivity contribution in [3.05, 3.63) is 65.2 Å². The Bertz CT molecular complexity index is 550. The highest BCUT2D eigenvalue weighted by atomic mass is 16.3. The maximum atomic E-state index is 9.70. The van der Waals surface area contributed by atoms with Crippen LogP contribution in [0.4, 0.5) is 0 Å². The average molecular weight is 239 g/mol. The molecule has 18 heavy (non-hydrogen) atoms. The van der Waals surface area contributed by atoms with Crippen LogP contribution >= 0.6 is 0 Å². The van der Waals surface area contributed by atoms with E-state index >= 15 is 0 Å². The molecule has 0 radical (unpaired) electrons. The van der Waals surface area contributed by atoms with Crippen LogP contribution in [0.1, 0.15) is 29.0 Å². The van der Waals surface area contributed by atoms with Crippen molar-refractivity contribution in [2.24, 2.45) is 5.73 Å². The van der Waals surface area contributed by atoms with Gasteiger partial charge in [-0.05, 0) is 41.7 Å². The quantitative estimate of drug-likeness (QED) is 0.803. The SMILES string of the molecule is N[C@@H]1CCc2ccc(O)cc2[C@@H]1c1ccccc1. The molecule has 2 atom stereocenters. The van der Waals surface area contributed by atoms with Gasteiger partial charge in [-0.2, -0.15) is 0 Å². The molecule has 0 aliphatic heterocycles. The Balaban J connectivity index is 2.12. The molecule has 92 valence electrons. The molecule has 3 rings (SSSR count). The summed E-state index contributed by atoms with van der Waals surface area (Å²) in [6.45, 7) is 0. The molecule has 0 fully saturated rings. The maximum Gasteiger partial charge on any atom is 0.115 e. The Morgan fingerprint density at radius 3 is 2.61 bits per heavy atom. The van der Waals surface area contributed by atoms with Gasteiger partial charge in [0.25, 0.3) is 0 Å². The summed E-state index contributed by atoms with van der Waals surface area (Å²) in [6.07, 6.45) is 2.00. The number of fused-ring (bicyclic) bond motifs is 1. The number of aromatic hydroxyl groups is 1. The first-order valence-corrected chi connectivity index (χ1v) is 6.38. The summed E-state index contributed by atoms with van der Waals surface area (Å²) in [7, 11) is 0. The summed E-state index contributed by atoms with van der Waals surface area (Å²) in [5.74, 6) is 0.519. The van der Waals surface area contributed by atoms with Crippen molar-refractivity contribution in [2.75, 3.05) is 0 Å². The molecule has 2 nitrogen and oxygen atoms in total. The Hall–Kier alpha value is -1.80. The highest BCUT2D eigenvalue weighted by Crippen LogP contribution is 2.37. The Labute approximate surface area is 107 Å². The van der Waals surface area contributed by atoms with E-state index in [2.05, 4.69) is 12.1 Å². The van der Waals surface area contributed by atoms with E-state index in [4.69, 9.17) is 5.73 Å². The monoisotopic (exact) mass is 239 g/mol. The number of rotatable bonds is 1. The number of nitrogens with two attached hydrogens (primary N) is 1. The van der Waals surface area contributed by atoms with Crippen molar-refractivity contribution in [1.29, 1.82) is 0 Å². The van der Waals surface area contributed by atoms with Gasteiger partial charge in [0.1, 0.15) is 5.75 Å². The van der Waals surface area contributed by atoms with Gasteiger partial charge in [-0.3, -0.25) is 0 Å². The third kappa shape index (κ3) is 1.89. The number of hydrogen-bond donors (Lipinski definition) is 2. The summed E-state index contributed by atoms with van der Waals surface area (Å²) < 4.78 is 0. The van der Waals surface area contributed by atoms with E-state index in [9.17, 15) is 5.11 Å². The van der Waals surface area contributed by atoms with Gasteiger partial charge < -0.3 is 10.8 Å². The second-order valence-electron chi connectivity index (χ2n) is 4.97. The van der Waals surface area contributed by atoms with Crippen molar-refractivity contribution in [3.8, 4) is 5.75 Å². The predicted molar refractivity (Wildman–Crippen MR) is 72.7 cm³/mol. The molecule has 3 N–H and O–H groups in total. The van der Waals surface area contributed by atoms with E-state index in [1.54, 1.807) is 6.07 Å². The van der Waals surface area contributed by atoms with Crippen molar-refractivity contribution in [1.82, 2.24) is 0 Å². The number of aryl methyl sites for hydroxylation is 1. The molecule has 0 aromatic heterocycles. The molecule has 0 amide bonds. The number of hydrogen-bond acceptors (Lipinski definition) is 2. The summed E-state index contributed by atoms with van der Waals surface area (Å²) in [5.41, 5.74) is 10.0. The molecule has 2 aromatic rings. The van der Waals surface area contributed by atoms with Gasteiger partial charge in [-0.1, -0.05) is 36.4 Å². The van der Waals surface area contributed by atoms with Crippen LogP contribution in [0.25, 0.3) is 0 Å². The van der Waals surface area contributed by atoms with Crippen molar-refractivity contribution in [2.45, 2.75) is 24.8 Å². The highest BCUT2D eigenvalue weighted by Gasteiger charge is 2.28. The smallest absolute Gasteiger partial charge is 0.115 e. The minimum atomic E-state index is 0.127. The molecule has 0 saturated carbocycles. The van der Waals surface area contributed by atoms with E-state index in [-0.39, 0.29) is 12.0 Å². The lowest BCUT2D eigenvalue weighted by atomic mass is 9.76. The Morgan fingerprint density at radius 2 is 1.83 bits per heavy atom. The zero-order valence-electron chi connectivity index (χ0n) is 10.2. The molecule has 2 aromatic carbocycles. The van der Waals surface area contributed by atoms with Gasteiger partial charge in [0.2, 0.25) is 0 Å². The Kier molecular flexibility index (Phi) is 2.80. The zero-order chi connectivity index (χ0) is 12.5. The lowest BCUT2D eigenvalue weighted by molar-refractivity contribution is 0.467. The van der Waals surface area contributed by atoms with E-state index in [1.807, 2.05) is 30.3 Å². The van der Waals surface area contributed by atoms with Gasteiger partial charge in [0, 0.05) is 12.0 Å². The first-order chi connectivity index (χ1) is 8.75. The molecule has 0 bridgehead atoms. The van der Waals surface area contributed by atoms with Gasteiger partial charge in [0.05, 0.1) is 0 Å². The lowest BCUT2D eigenvalue weighted by Crippen LogP contribution is -2.33. The average Bonchev–Trinajstić information content (AvgIpc) is 2.39. The highest BCUT2D eigenvalue weighted by molar-refractivity contribution is 5.45. The van der Waals surface area contributed by atoms with Crippen molar-refractivity contribution in [3.63, 3.8) is 0 Å². The zero-order valence-corrected chi connectivity index (χ0v) is 10.2. The van der Waals surface area contributed by atoms with E-state index in [0.717, 1.165) is 12.8 Å². The normalized spacial score (nSPS) is 22.5. The van der Waals surface area contributed by atoms with E-state index in [0.29, 0.717) is 5.75 Å². The van der Waals surface area contributed by atoms with Crippen LogP contribution in [0, 0.1) is 0 Å². The summed E-state index contributed by atoms with van der Waals surface area (Å²) in [6, 6.07) is 16.1. The molecule has 1 aliphatic carbocycles. The standard InChI is InChI=1S/C16H17NO/c17-15-9-7-11-6-8-13(18)10-14(11)16(15)12-4-2-1-3-5-12/h1-6,8,10,15-16,18H,7,9,17H2/t15-,16+/m1/s1. The molecule has 2 heteroatoms. The van der Waals surface area contributed by atoms with Crippen LogP contribution in [0.3, 0.4) is 0 Å². The van der Waals surface area contributed by atoms with Gasteiger partial charge in [0.15, 0.2) is 0 Å². The fourth-order valence-electron chi connectivity index (χ4n) is 2.91. The van der Waals surface area contributed by atoms with Crippen LogP contribution < -0.4 is 5.73 Å². The number of phenols is 1. The molecule has 0 unspecified atom stereocenters. The number of benzene rings is 2. The number of phenolic OH excluding ortho intramolecular Hbond substituents is 1. The molecule has 0 saturated heterocycles. The minimum absolute atomic E-state index is 0.127. The Morgan fingerprint density at radius 1 is 1.06 bits per heavy atom. The van der Waals surface area contributed by atoms with Crippen molar-refractivity contribution < 1.29 is 5.11 Å².